The van der Waals surface area contributed by atoms with Crippen molar-refractivity contribution >= 4 is 54.5 Å². The van der Waals surface area contributed by atoms with Gasteiger partial charge in [-0.15, -0.1) is 0 Å². The van der Waals surface area contributed by atoms with Gasteiger partial charge < -0.3 is 8.98 Å². The van der Waals surface area contributed by atoms with E-state index < -0.39 is 0 Å². The standard InChI is InChI=1S/C46H27NO/c1-2-9-31(10-3-1)47-42-15-6-4-11-34(42)40-26-29(18-23-43(40)47)28-17-20-33-38-22-21-32(36-13-8-14-37(46(36)38)39(33)25-28)30-19-24-45-41(27-30)35-12-5-7-16-44(35)48-45/h1-27H. The van der Waals surface area contributed by atoms with Gasteiger partial charge >= 0.3 is 0 Å². The highest BCUT2D eigenvalue weighted by molar-refractivity contribution is 6.20. The Morgan fingerprint density at radius 2 is 0.979 bits per heavy atom. The molecule has 222 valence electrons. The Hall–Kier alpha value is -6.38. The van der Waals surface area contributed by atoms with Crippen LogP contribution < -0.4 is 0 Å². The van der Waals surface area contributed by atoms with E-state index in [1.54, 1.807) is 0 Å². The fourth-order valence-electron chi connectivity index (χ4n) is 8.19. The first-order valence-corrected chi connectivity index (χ1v) is 16.5. The summed E-state index contributed by atoms with van der Waals surface area (Å²) in [6.45, 7) is 0. The van der Waals surface area contributed by atoms with Gasteiger partial charge in [-0.05, 0) is 110 Å². The number of benzene rings is 8. The Bertz CT molecular complexity index is 2940. The molecule has 11 rings (SSSR count). The molecular formula is C46H27NO. The summed E-state index contributed by atoms with van der Waals surface area (Å²) in [5.41, 5.74) is 15.6. The first kappa shape index (κ1) is 25.8. The van der Waals surface area contributed by atoms with Gasteiger partial charge in [0.1, 0.15) is 11.2 Å². The lowest BCUT2D eigenvalue weighted by molar-refractivity contribution is 0.669. The molecule has 1 aliphatic carbocycles. The molecule has 10 aromatic rings. The second kappa shape index (κ2) is 9.57. The minimum atomic E-state index is 0.925. The maximum Gasteiger partial charge on any atom is 0.135 e. The zero-order valence-corrected chi connectivity index (χ0v) is 25.9. The van der Waals surface area contributed by atoms with Crippen LogP contribution in [0.4, 0.5) is 0 Å². The Balaban J connectivity index is 1.06. The predicted octanol–water partition coefficient (Wildman–Crippen LogP) is 12.8. The molecular weight excluding hydrogens is 583 g/mol. The Labute approximate surface area is 276 Å². The molecule has 0 aliphatic heterocycles. The Morgan fingerprint density at radius 1 is 0.333 bits per heavy atom. The van der Waals surface area contributed by atoms with E-state index in [0.29, 0.717) is 0 Å². The van der Waals surface area contributed by atoms with Gasteiger partial charge in [0.25, 0.3) is 0 Å². The second-order valence-electron chi connectivity index (χ2n) is 12.9. The first-order chi connectivity index (χ1) is 23.8. The monoisotopic (exact) mass is 609 g/mol. The molecule has 8 aromatic carbocycles. The Morgan fingerprint density at radius 3 is 1.92 bits per heavy atom. The number of nitrogens with zero attached hydrogens (tertiary/aromatic N) is 1. The van der Waals surface area contributed by atoms with Crippen LogP contribution in [0.2, 0.25) is 0 Å². The zero-order valence-electron chi connectivity index (χ0n) is 25.9. The molecule has 2 aromatic heterocycles. The molecule has 0 fully saturated rings. The normalized spacial score (nSPS) is 12.2. The van der Waals surface area contributed by atoms with Gasteiger partial charge in [-0.1, -0.05) is 109 Å². The summed E-state index contributed by atoms with van der Waals surface area (Å²) in [5, 5.41) is 7.47. The molecule has 0 N–H and O–H groups in total. The van der Waals surface area contributed by atoms with Gasteiger partial charge in [0, 0.05) is 27.2 Å². The quantitative estimate of drug-likeness (QED) is 0.195. The minimum Gasteiger partial charge on any atom is -0.456 e. The van der Waals surface area contributed by atoms with Crippen LogP contribution in [0.3, 0.4) is 0 Å². The fraction of sp³-hybridized carbons (Fsp3) is 0. The van der Waals surface area contributed by atoms with Crippen LogP contribution in [0.5, 0.6) is 0 Å². The lowest BCUT2D eigenvalue weighted by Crippen LogP contribution is -1.92. The van der Waals surface area contributed by atoms with Crippen molar-refractivity contribution in [2.75, 3.05) is 0 Å². The Kier molecular flexibility index (Phi) is 5.14. The van der Waals surface area contributed by atoms with Gasteiger partial charge in [-0.25, -0.2) is 0 Å². The molecule has 0 atom stereocenters. The molecule has 48 heavy (non-hydrogen) atoms. The minimum absolute atomic E-state index is 0.925. The van der Waals surface area contributed by atoms with Crippen LogP contribution in [0.15, 0.2) is 168 Å². The van der Waals surface area contributed by atoms with Gasteiger partial charge in [0.05, 0.1) is 11.0 Å². The van der Waals surface area contributed by atoms with E-state index >= 15 is 0 Å². The topological polar surface area (TPSA) is 18.1 Å². The van der Waals surface area contributed by atoms with E-state index in [-0.39, 0.29) is 0 Å². The summed E-state index contributed by atoms with van der Waals surface area (Å²) >= 11 is 0. The number of furan rings is 1. The van der Waals surface area contributed by atoms with E-state index in [0.717, 1.165) is 21.9 Å². The molecule has 0 bridgehead atoms. The van der Waals surface area contributed by atoms with E-state index in [9.17, 15) is 0 Å². The molecule has 0 saturated heterocycles. The number of hydrogen-bond donors (Lipinski definition) is 0. The molecule has 2 heteroatoms. The molecule has 0 unspecified atom stereocenters. The highest BCUT2D eigenvalue weighted by Crippen LogP contribution is 2.50. The molecule has 2 nitrogen and oxygen atoms in total. The average molecular weight is 610 g/mol. The van der Waals surface area contributed by atoms with Crippen LogP contribution in [0.1, 0.15) is 0 Å². The van der Waals surface area contributed by atoms with E-state index in [2.05, 4.69) is 156 Å². The van der Waals surface area contributed by atoms with Gasteiger partial charge in [-0.3, -0.25) is 0 Å². The van der Waals surface area contributed by atoms with Crippen LogP contribution in [-0.2, 0) is 0 Å². The van der Waals surface area contributed by atoms with E-state index in [1.165, 1.54) is 82.8 Å². The third-order valence-corrected chi connectivity index (χ3v) is 10.3. The van der Waals surface area contributed by atoms with Gasteiger partial charge in [0.2, 0.25) is 0 Å². The molecule has 0 amide bonds. The van der Waals surface area contributed by atoms with Crippen LogP contribution in [-0.4, -0.2) is 4.57 Å². The number of rotatable bonds is 3. The van der Waals surface area contributed by atoms with Crippen LogP contribution in [0.25, 0.3) is 105 Å². The summed E-state index contributed by atoms with van der Waals surface area (Å²) < 4.78 is 8.51. The number of fused-ring (bicyclic) bond motifs is 9. The highest BCUT2D eigenvalue weighted by Gasteiger charge is 2.24. The second-order valence-corrected chi connectivity index (χ2v) is 12.9. The average Bonchev–Trinajstić information content (AvgIpc) is 3.80. The SMILES string of the molecule is c1ccc(-n2c3ccccc3c3cc(-c4ccc5c(c4)-c4cccc6c(-c7ccc8oc9ccccc9c8c7)ccc-5c46)ccc32)cc1. The van der Waals surface area contributed by atoms with Crippen LogP contribution in [0, 0.1) is 0 Å². The summed E-state index contributed by atoms with van der Waals surface area (Å²) in [4.78, 5) is 0. The molecule has 0 saturated carbocycles. The predicted molar refractivity (Wildman–Crippen MR) is 201 cm³/mol. The van der Waals surface area contributed by atoms with Crippen molar-refractivity contribution in [1.82, 2.24) is 4.57 Å². The third-order valence-electron chi connectivity index (χ3n) is 10.3. The summed E-state index contributed by atoms with van der Waals surface area (Å²) in [6, 6.07) is 59.6. The van der Waals surface area contributed by atoms with E-state index in [1.807, 2.05) is 12.1 Å². The summed E-state index contributed by atoms with van der Waals surface area (Å²) in [7, 11) is 0. The van der Waals surface area contributed by atoms with Crippen molar-refractivity contribution in [2.24, 2.45) is 0 Å². The van der Waals surface area contributed by atoms with Crippen molar-refractivity contribution in [1.29, 1.82) is 0 Å². The van der Waals surface area contributed by atoms with Gasteiger partial charge in [0.15, 0.2) is 0 Å². The molecule has 0 radical (unpaired) electrons. The third kappa shape index (κ3) is 3.52. The largest absolute Gasteiger partial charge is 0.456 e. The number of para-hydroxylation sites is 3. The molecule has 2 heterocycles. The zero-order chi connectivity index (χ0) is 31.3. The summed E-state index contributed by atoms with van der Waals surface area (Å²) in [5.74, 6) is 0. The van der Waals surface area contributed by atoms with Crippen molar-refractivity contribution in [3.8, 4) is 50.2 Å². The van der Waals surface area contributed by atoms with Crippen molar-refractivity contribution in [3.63, 3.8) is 0 Å². The maximum absolute atomic E-state index is 6.13. The van der Waals surface area contributed by atoms with Gasteiger partial charge in [-0.2, -0.15) is 0 Å². The summed E-state index contributed by atoms with van der Waals surface area (Å²) in [6.07, 6.45) is 0. The smallest absolute Gasteiger partial charge is 0.135 e. The molecule has 1 aliphatic rings. The van der Waals surface area contributed by atoms with Crippen molar-refractivity contribution < 1.29 is 4.42 Å². The maximum atomic E-state index is 6.13. The lowest BCUT2D eigenvalue weighted by atomic mass is 9.93. The molecule has 0 spiro atoms. The van der Waals surface area contributed by atoms with Crippen molar-refractivity contribution in [2.45, 2.75) is 0 Å². The first-order valence-electron chi connectivity index (χ1n) is 16.5. The van der Waals surface area contributed by atoms with Crippen molar-refractivity contribution in [3.05, 3.63) is 164 Å². The van der Waals surface area contributed by atoms with Crippen LogP contribution >= 0.6 is 0 Å². The number of hydrogen-bond acceptors (Lipinski definition) is 1. The highest BCUT2D eigenvalue weighted by atomic mass is 16.3. The fourth-order valence-corrected chi connectivity index (χ4v) is 8.19. The van der Waals surface area contributed by atoms with E-state index in [4.69, 9.17) is 4.42 Å². The lowest BCUT2D eigenvalue weighted by Gasteiger charge is -2.10. The number of aromatic nitrogens is 1.